The van der Waals surface area contributed by atoms with Gasteiger partial charge in [0.1, 0.15) is 16.9 Å². The van der Waals surface area contributed by atoms with Crippen LogP contribution in [0.3, 0.4) is 0 Å². The van der Waals surface area contributed by atoms with E-state index in [-0.39, 0.29) is 23.3 Å². The van der Waals surface area contributed by atoms with Gasteiger partial charge in [-0.2, -0.15) is 13.2 Å². The van der Waals surface area contributed by atoms with Gasteiger partial charge >= 0.3 is 12.1 Å². The number of ether oxygens (including phenoxy) is 1. The molecule has 0 spiro atoms. The molecule has 116 valence electrons. The minimum absolute atomic E-state index is 0.0818. The SMILES string of the molecule is C=C1C[C@@]2(C(C)=O)C(=O)Oc3ccccc3[C@H]2[C@H]1C(F)(F)F. The smallest absolute Gasteiger partial charge is 0.396 e. The number of hydrogen-bond donors (Lipinski definition) is 0. The van der Waals surface area contributed by atoms with Crippen molar-refractivity contribution in [3.8, 4) is 5.75 Å². The van der Waals surface area contributed by atoms with Gasteiger partial charge in [0.15, 0.2) is 0 Å². The summed E-state index contributed by atoms with van der Waals surface area (Å²) in [5.41, 5.74) is -1.74. The molecule has 1 aromatic carbocycles. The summed E-state index contributed by atoms with van der Waals surface area (Å²) < 4.78 is 45.7. The summed E-state index contributed by atoms with van der Waals surface area (Å²) >= 11 is 0. The van der Waals surface area contributed by atoms with Crippen LogP contribution in [-0.4, -0.2) is 17.9 Å². The van der Waals surface area contributed by atoms with E-state index in [1.54, 1.807) is 12.1 Å². The van der Waals surface area contributed by atoms with Crippen molar-refractivity contribution in [3.05, 3.63) is 42.0 Å². The van der Waals surface area contributed by atoms with Gasteiger partial charge in [-0.1, -0.05) is 30.4 Å². The highest BCUT2D eigenvalue weighted by molar-refractivity contribution is 6.06. The molecule has 0 aromatic heterocycles. The summed E-state index contributed by atoms with van der Waals surface area (Å²) in [6.45, 7) is 4.61. The summed E-state index contributed by atoms with van der Waals surface area (Å²) in [7, 11) is 0. The first-order chi connectivity index (χ1) is 10.2. The van der Waals surface area contributed by atoms with Gasteiger partial charge in [-0.15, -0.1) is 0 Å². The predicted octanol–water partition coefficient (Wildman–Crippen LogP) is 3.40. The van der Waals surface area contributed by atoms with Gasteiger partial charge in [0.25, 0.3) is 0 Å². The number of para-hydroxylation sites is 1. The van der Waals surface area contributed by atoms with Crippen LogP contribution in [0.1, 0.15) is 24.8 Å². The fourth-order valence-corrected chi connectivity index (χ4v) is 3.67. The van der Waals surface area contributed by atoms with E-state index in [9.17, 15) is 22.8 Å². The standard InChI is InChI=1S/C16H13F3O3/c1-8-7-15(9(2)20)13(12(8)16(17,18)19)10-5-3-4-6-11(10)22-14(15)21/h3-6,12-13H,1,7H2,2H3/t12-,13-,15-/m0/s1. The quantitative estimate of drug-likeness (QED) is 0.345. The van der Waals surface area contributed by atoms with E-state index in [1.807, 2.05) is 0 Å². The maximum absolute atomic E-state index is 13.5. The molecule has 6 heteroatoms. The first kappa shape index (κ1) is 14.8. The molecule has 3 atom stereocenters. The van der Waals surface area contributed by atoms with Gasteiger partial charge in [-0.25, -0.2) is 0 Å². The van der Waals surface area contributed by atoms with Crippen LogP contribution in [-0.2, 0) is 9.59 Å². The second kappa shape index (κ2) is 4.44. The van der Waals surface area contributed by atoms with Crippen molar-refractivity contribution in [2.75, 3.05) is 0 Å². The van der Waals surface area contributed by atoms with Crippen molar-refractivity contribution in [2.45, 2.75) is 25.4 Å². The summed E-state index contributed by atoms with van der Waals surface area (Å²) in [6.07, 6.45) is -4.91. The molecule has 1 fully saturated rings. The third kappa shape index (κ3) is 1.76. The minimum Gasteiger partial charge on any atom is -0.425 e. The molecular formula is C16H13F3O3. The normalized spacial score (nSPS) is 30.5. The van der Waals surface area contributed by atoms with E-state index in [0.29, 0.717) is 0 Å². The number of fused-ring (bicyclic) bond motifs is 3. The lowest BCUT2D eigenvalue weighted by Crippen LogP contribution is -2.48. The second-order valence-corrected chi connectivity index (χ2v) is 5.79. The lowest BCUT2D eigenvalue weighted by atomic mass is 9.67. The molecule has 3 nitrogen and oxygen atoms in total. The largest absolute Gasteiger partial charge is 0.425 e. The number of carbonyl (C=O) groups is 2. The van der Waals surface area contributed by atoms with E-state index in [4.69, 9.17) is 4.74 Å². The fraction of sp³-hybridized carbons (Fsp3) is 0.375. The highest BCUT2D eigenvalue weighted by Gasteiger charge is 2.68. The Hall–Kier alpha value is -2.11. The monoisotopic (exact) mass is 310 g/mol. The van der Waals surface area contributed by atoms with E-state index in [0.717, 1.165) is 6.92 Å². The zero-order chi connectivity index (χ0) is 16.3. The zero-order valence-corrected chi connectivity index (χ0v) is 11.7. The first-order valence-electron chi connectivity index (χ1n) is 6.76. The molecule has 1 aliphatic heterocycles. The Morgan fingerprint density at radius 2 is 2.00 bits per heavy atom. The molecule has 0 amide bonds. The molecule has 22 heavy (non-hydrogen) atoms. The van der Waals surface area contributed by atoms with Crippen molar-refractivity contribution in [3.63, 3.8) is 0 Å². The minimum atomic E-state index is -4.58. The van der Waals surface area contributed by atoms with Crippen molar-refractivity contribution in [2.24, 2.45) is 11.3 Å². The molecule has 1 heterocycles. The van der Waals surface area contributed by atoms with Crippen LogP contribution in [0.2, 0.25) is 0 Å². The van der Waals surface area contributed by atoms with Gasteiger partial charge in [0.2, 0.25) is 0 Å². The Bertz CT molecular complexity index is 692. The van der Waals surface area contributed by atoms with Crippen LogP contribution < -0.4 is 4.74 Å². The molecule has 1 aliphatic carbocycles. The summed E-state index contributed by atoms with van der Waals surface area (Å²) in [6, 6.07) is 6.05. The average molecular weight is 310 g/mol. The molecule has 0 N–H and O–H groups in total. The van der Waals surface area contributed by atoms with Crippen molar-refractivity contribution < 1.29 is 27.5 Å². The lowest BCUT2D eigenvalue weighted by Gasteiger charge is -2.38. The zero-order valence-electron chi connectivity index (χ0n) is 11.7. The number of benzene rings is 1. The van der Waals surface area contributed by atoms with Gasteiger partial charge in [-0.05, 0) is 19.4 Å². The van der Waals surface area contributed by atoms with E-state index in [1.165, 1.54) is 12.1 Å². The first-order valence-corrected chi connectivity index (χ1v) is 6.76. The number of carbonyl (C=O) groups excluding carboxylic acids is 2. The number of allylic oxidation sites excluding steroid dienone is 1. The summed E-state index contributed by atoms with van der Waals surface area (Å²) in [5.74, 6) is -4.69. The average Bonchev–Trinajstić information content (AvgIpc) is 2.74. The van der Waals surface area contributed by atoms with E-state index < -0.39 is 35.2 Å². The number of alkyl halides is 3. The van der Waals surface area contributed by atoms with Crippen LogP contribution in [0.5, 0.6) is 5.75 Å². The number of ketones is 1. The molecule has 2 aliphatic rings. The van der Waals surface area contributed by atoms with Crippen LogP contribution >= 0.6 is 0 Å². The summed E-state index contributed by atoms with van der Waals surface area (Å²) in [5, 5.41) is 0. The Kier molecular flexibility index (Phi) is 2.99. The van der Waals surface area contributed by atoms with Crippen molar-refractivity contribution in [1.29, 1.82) is 0 Å². The van der Waals surface area contributed by atoms with Crippen LogP contribution in [0.4, 0.5) is 13.2 Å². The number of esters is 1. The fourth-order valence-electron chi connectivity index (χ4n) is 3.67. The summed E-state index contributed by atoms with van der Waals surface area (Å²) in [4.78, 5) is 24.5. The molecular weight excluding hydrogens is 297 g/mol. The maximum Gasteiger partial charge on any atom is 0.396 e. The van der Waals surface area contributed by atoms with E-state index in [2.05, 4.69) is 6.58 Å². The molecule has 0 saturated heterocycles. The Morgan fingerprint density at radius 3 is 2.59 bits per heavy atom. The number of Topliss-reactive ketones (excluding diaryl/α,β-unsaturated/α-hetero) is 1. The molecule has 0 bridgehead atoms. The predicted molar refractivity (Wildman–Crippen MR) is 71.2 cm³/mol. The number of hydrogen-bond acceptors (Lipinski definition) is 3. The van der Waals surface area contributed by atoms with Gasteiger partial charge in [-0.3, -0.25) is 9.59 Å². The Balaban J connectivity index is 2.30. The van der Waals surface area contributed by atoms with Crippen LogP contribution in [0, 0.1) is 11.3 Å². The Labute approximate surface area is 124 Å². The lowest BCUT2D eigenvalue weighted by molar-refractivity contribution is -0.176. The molecule has 0 radical (unpaired) electrons. The van der Waals surface area contributed by atoms with Gasteiger partial charge in [0.05, 0.1) is 5.92 Å². The van der Waals surface area contributed by atoms with Crippen LogP contribution in [0.15, 0.2) is 36.4 Å². The van der Waals surface area contributed by atoms with Gasteiger partial charge < -0.3 is 4.74 Å². The topological polar surface area (TPSA) is 43.4 Å². The molecule has 0 unspecified atom stereocenters. The van der Waals surface area contributed by atoms with Crippen molar-refractivity contribution >= 4 is 11.8 Å². The third-order valence-corrected chi connectivity index (χ3v) is 4.61. The number of halogens is 3. The third-order valence-electron chi connectivity index (χ3n) is 4.61. The number of rotatable bonds is 1. The highest BCUT2D eigenvalue weighted by atomic mass is 19.4. The Morgan fingerprint density at radius 1 is 1.36 bits per heavy atom. The van der Waals surface area contributed by atoms with E-state index >= 15 is 0 Å². The second-order valence-electron chi connectivity index (χ2n) is 5.79. The maximum atomic E-state index is 13.5. The molecule has 1 aromatic rings. The van der Waals surface area contributed by atoms with Gasteiger partial charge in [0, 0.05) is 11.5 Å². The highest BCUT2D eigenvalue weighted by Crippen LogP contribution is 2.63. The molecule has 1 saturated carbocycles. The molecule has 3 rings (SSSR count). The van der Waals surface area contributed by atoms with Crippen molar-refractivity contribution in [1.82, 2.24) is 0 Å². The van der Waals surface area contributed by atoms with Crippen LogP contribution in [0.25, 0.3) is 0 Å².